The van der Waals surface area contributed by atoms with Crippen molar-refractivity contribution in [2.75, 3.05) is 24.7 Å². The largest absolute Gasteiger partial charge is 0.464 e. The summed E-state index contributed by atoms with van der Waals surface area (Å²) in [4.78, 5) is 26.9. The number of benzene rings is 1. The molecule has 0 radical (unpaired) electrons. The van der Waals surface area contributed by atoms with Crippen LogP contribution in [-0.4, -0.2) is 57.3 Å². The van der Waals surface area contributed by atoms with E-state index in [4.69, 9.17) is 4.74 Å². The Morgan fingerprint density at radius 3 is 2.77 bits per heavy atom. The van der Waals surface area contributed by atoms with Crippen molar-refractivity contribution in [3.05, 3.63) is 46.2 Å². The molecular weight excluding hydrogens is 418 g/mol. The van der Waals surface area contributed by atoms with Crippen LogP contribution in [0, 0.1) is 6.92 Å². The second-order valence-corrected chi connectivity index (χ2v) is 7.94. The van der Waals surface area contributed by atoms with E-state index in [1.165, 1.54) is 0 Å². The van der Waals surface area contributed by atoms with Crippen LogP contribution in [0.2, 0.25) is 0 Å². The van der Waals surface area contributed by atoms with Crippen LogP contribution in [0.25, 0.3) is 5.69 Å². The topological polar surface area (TPSA) is 64.4 Å². The third-order valence-electron chi connectivity index (χ3n) is 4.26. The summed E-state index contributed by atoms with van der Waals surface area (Å²) in [7, 11) is 0. The van der Waals surface area contributed by atoms with Gasteiger partial charge < -0.3 is 9.64 Å². The lowest BCUT2D eigenvalue weighted by molar-refractivity contribution is -0.147. The number of nitrogens with zero attached hydrogens (tertiary/aromatic N) is 3. The minimum Gasteiger partial charge on any atom is -0.464 e. The standard InChI is InChI=1S/C18H20BrN3O3S/c1-3-25-18(24)16-11-26-9-8-21(16)17(23)15-10-20-22(12(15)2)14-6-4-13(19)5-7-14/h4-7,10,16H,3,8-9,11H2,1-2H3/t16-/m0/s1. The predicted molar refractivity (Wildman–Crippen MR) is 105 cm³/mol. The number of carbonyl (C=O) groups is 2. The lowest BCUT2D eigenvalue weighted by Gasteiger charge is -2.33. The van der Waals surface area contributed by atoms with Gasteiger partial charge >= 0.3 is 5.97 Å². The van der Waals surface area contributed by atoms with Crippen LogP contribution < -0.4 is 0 Å². The molecule has 3 rings (SSSR count). The van der Waals surface area contributed by atoms with Crippen molar-refractivity contribution in [2.24, 2.45) is 0 Å². The summed E-state index contributed by atoms with van der Waals surface area (Å²) in [6, 6.07) is 7.17. The Bertz CT molecular complexity index is 807. The summed E-state index contributed by atoms with van der Waals surface area (Å²) >= 11 is 5.07. The number of ether oxygens (including phenoxy) is 1. The highest BCUT2D eigenvalue weighted by atomic mass is 79.9. The molecule has 2 aromatic rings. The molecule has 1 saturated heterocycles. The molecule has 138 valence electrons. The molecule has 0 saturated carbocycles. The zero-order chi connectivity index (χ0) is 18.7. The van der Waals surface area contributed by atoms with Crippen molar-refractivity contribution in [3.8, 4) is 5.69 Å². The van der Waals surface area contributed by atoms with Gasteiger partial charge in [-0.1, -0.05) is 15.9 Å². The van der Waals surface area contributed by atoms with E-state index in [9.17, 15) is 9.59 Å². The Morgan fingerprint density at radius 2 is 2.08 bits per heavy atom. The zero-order valence-corrected chi connectivity index (χ0v) is 17.0. The molecule has 1 aromatic carbocycles. The van der Waals surface area contributed by atoms with E-state index in [0.29, 0.717) is 24.5 Å². The first kappa shape index (κ1) is 19.0. The summed E-state index contributed by atoms with van der Waals surface area (Å²) in [6.45, 7) is 4.46. The van der Waals surface area contributed by atoms with E-state index in [1.54, 1.807) is 34.5 Å². The number of halogens is 1. The molecule has 1 fully saturated rings. The van der Waals surface area contributed by atoms with E-state index < -0.39 is 6.04 Å². The van der Waals surface area contributed by atoms with Gasteiger partial charge in [0.25, 0.3) is 5.91 Å². The number of aromatic nitrogens is 2. The van der Waals surface area contributed by atoms with Gasteiger partial charge in [0.15, 0.2) is 0 Å². The van der Waals surface area contributed by atoms with Crippen LogP contribution in [0.3, 0.4) is 0 Å². The van der Waals surface area contributed by atoms with Crippen LogP contribution in [-0.2, 0) is 9.53 Å². The smallest absolute Gasteiger partial charge is 0.329 e. The summed E-state index contributed by atoms with van der Waals surface area (Å²) in [6.07, 6.45) is 1.57. The fraction of sp³-hybridized carbons (Fsp3) is 0.389. The highest BCUT2D eigenvalue weighted by Gasteiger charge is 2.35. The van der Waals surface area contributed by atoms with Crippen molar-refractivity contribution < 1.29 is 14.3 Å². The maximum absolute atomic E-state index is 13.1. The lowest BCUT2D eigenvalue weighted by Crippen LogP contribution is -2.51. The third kappa shape index (κ3) is 3.81. The number of amides is 1. The van der Waals surface area contributed by atoms with Crippen molar-refractivity contribution in [3.63, 3.8) is 0 Å². The molecule has 1 amide bonds. The number of thioether (sulfide) groups is 1. The molecule has 0 N–H and O–H groups in total. The van der Waals surface area contributed by atoms with Gasteiger partial charge in [-0.15, -0.1) is 0 Å². The van der Waals surface area contributed by atoms with Crippen molar-refractivity contribution in [1.29, 1.82) is 0 Å². The third-order valence-corrected chi connectivity index (χ3v) is 5.81. The summed E-state index contributed by atoms with van der Waals surface area (Å²) < 4.78 is 7.85. The maximum Gasteiger partial charge on any atom is 0.329 e. The molecule has 6 nitrogen and oxygen atoms in total. The van der Waals surface area contributed by atoms with Gasteiger partial charge in [-0.2, -0.15) is 16.9 Å². The molecule has 2 heterocycles. The fourth-order valence-electron chi connectivity index (χ4n) is 2.90. The monoisotopic (exact) mass is 437 g/mol. The van der Waals surface area contributed by atoms with Gasteiger partial charge in [-0.25, -0.2) is 9.48 Å². The molecule has 0 spiro atoms. The van der Waals surface area contributed by atoms with Gasteiger partial charge in [-0.05, 0) is 38.1 Å². The molecule has 1 atom stereocenters. The molecule has 0 aliphatic carbocycles. The number of rotatable bonds is 4. The molecule has 8 heteroatoms. The van der Waals surface area contributed by atoms with E-state index in [0.717, 1.165) is 21.6 Å². The van der Waals surface area contributed by atoms with Crippen molar-refractivity contribution >= 4 is 39.6 Å². The first-order valence-electron chi connectivity index (χ1n) is 8.38. The predicted octanol–water partition coefficient (Wildman–Crippen LogP) is 3.06. The van der Waals surface area contributed by atoms with E-state index >= 15 is 0 Å². The number of esters is 1. The first-order valence-corrected chi connectivity index (χ1v) is 10.3. The second kappa shape index (κ2) is 8.26. The van der Waals surface area contributed by atoms with Crippen LogP contribution in [0.15, 0.2) is 34.9 Å². The highest BCUT2D eigenvalue weighted by molar-refractivity contribution is 9.10. The number of carbonyl (C=O) groups excluding carboxylic acids is 2. The Morgan fingerprint density at radius 1 is 1.35 bits per heavy atom. The molecule has 1 aromatic heterocycles. The van der Waals surface area contributed by atoms with Crippen LogP contribution in [0.4, 0.5) is 0 Å². The van der Waals surface area contributed by atoms with Crippen molar-refractivity contribution in [2.45, 2.75) is 19.9 Å². The first-order chi connectivity index (χ1) is 12.5. The second-order valence-electron chi connectivity index (χ2n) is 5.87. The Balaban J connectivity index is 1.87. The SMILES string of the molecule is CCOC(=O)[C@@H]1CSCCN1C(=O)c1cnn(-c2ccc(Br)cc2)c1C. The van der Waals surface area contributed by atoms with E-state index in [1.807, 2.05) is 31.2 Å². The molecule has 0 unspecified atom stereocenters. The molecule has 0 bridgehead atoms. The van der Waals surface area contributed by atoms with Crippen molar-refractivity contribution in [1.82, 2.24) is 14.7 Å². The van der Waals surface area contributed by atoms with E-state index in [2.05, 4.69) is 21.0 Å². The maximum atomic E-state index is 13.1. The quantitative estimate of drug-likeness (QED) is 0.687. The minimum absolute atomic E-state index is 0.177. The normalized spacial score (nSPS) is 17.2. The van der Waals surface area contributed by atoms with Gasteiger partial charge in [0.2, 0.25) is 0 Å². The molecule has 26 heavy (non-hydrogen) atoms. The van der Waals surface area contributed by atoms with Gasteiger partial charge in [-0.3, -0.25) is 4.79 Å². The van der Waals surface area contributed by atoms with E-state index in [-0.39, 0.29) is 11.9 Å². The summed E-state index contributed by atoms with van der Waals surface area (Å²) in [5.74, 6) is 0.849. The van der Waals surface area contributed by atoms with Crippen LogP contribution >= 0.6 is 27.7 Å². The fourth-order valence-corrected chi connectivity index (χ4v) is 4.19. The average Bonchev–Trinajstić information content (AvgIpc) is 3.03. The Kier molecular flexibility index (Phi) is 6.03. The zero-order valence-electron chi connectivity index (χ0n) is 14.6. The average molecular weight is 438 g/mol. The molecular formula is C18H20BrN3O3S. The Hall–Kier alpha value is -1.80. The minimum atomic E-state index is -0.545. The van der Waals surface area contributed by atoms with Gasteiger partial charge in [0, 0.05) is 22.5 Å². The molecule has 1 aliphatic rings. The van der Waals surface area contributed by atoms with Gasteiger partial charge in [0.1, 0.15) is 6.04 Å². The number of hydrogen-bond acceptors (Lipinski definition) is 5. The lowest BCUT2D eigenvalue weighted by atomic mass is 10.2. The molecule has 1 aliphatic heterocycles. The highest BCUT2D eigenvalue weighted by Crippen LogP contribution is 2.23. The number of hydrogen-bond donors (Lipinski definition) is 0. The summed E-state index contributed by atoms with van der Waals surface area (Å²) in [5, 5.41) is 4.37. The van der Waals surface area contributed by atoms with Gasteiger partial charge in [0.05, 0.1) is 29.7 Å². The Labute approximate surface area is 165 Å². The van der Waals surface area contributed by atoms with Crippen LogP contribution in [0.5, 0.6) is 0 Å². The van der Waals surface area contributed by atoms with Crippen LogP contribution in [0.1, 0.15) is 23.0 Å². The summed E-state index contributed by atoms with van der Waals surface area (Å²) in [5.41, 5.74) is 2.13.